The summed E-state index contributed by atoms with van der Waals surface area (Å²) in [6, 6.07) is 0. The molecule has 0 fully saturated rings. The largest absolute Gasteiger partial charge is 0.463 e. The van der Waals surface area contributed by atoms with Crippen molar-refractivity contribution in [3.8, 4) is 0 Å². The van der Waals surface area contributed by atoms with Gasteiger partial charge in [0.25, 0.3) is 0 Å². The highest BCUT2D eigenvalue weighted by atomic mass is 16.6. The molecule has 0 radical (unpaired) electrons. The standard InChI is InChI=1S/C37H67N5O17/c1-32(44)28-42(12-21-56-34(46)30-54-23-14-43)13-22-57-35(47)31-55-29-33(45)39-9-18-51-26-27-53-20-11-41-37(49)59-16-7-5-3-2-4-6-15-58-36(48)40-10-19-52-25-24-50-17-8-38/h14H,2-13,15-31,38H2,1H3,(H,39,45)(H,40,48)(H,41,49). The molecule has 59 heavy (non-hydrogen) atoms. The summed E-state index contributed by atoms with van der Waals surface area (Å²) in [6.45, 7) is 5.24. The van der Waals surface area contributed by atoms with Crippen LogP contribution in [0.3, 0.4) is 0 Å². The van der Waals surface area contributed by atoms with E-state index in [9.17, 15) is 33.6 Å². The van der Waals surface area contributed by atoms with E-state index in [1.165, 1.54) is 6.92 Å². The number of ether oxygens (including phenoxy) is 10. The summed E-state index contributed by atoms with van der Waals surface area (Å²) in [7, 11) is 0. The van der Waals surface area contributed by atoms with Crippen LogP contribution in [-0.4, -0.2) is 199 Å². The lowest BCUT2D eigenvalue weighted by Crippen LogP contribution is -2.36. The van der Waals surface area contributed by atoms with Gasteiger partial charge in [-0.15, -0.1) is 0 Å². The van der Waals surface area contributed by atoms with Gasteiger partial charge in [0.1, 0.15) is 51.7 Å². The van der Waals surface area contributed by atoms with Crippen molar-refractivity contribution < 1.29 is 80.9 Å². The van der Waals surface area contributed by atoms with Crippen LogP contribution in [0.15, 0.2) is 0 Å². The molecule has 0 heterocycles. The number of rotatable bonds is 42. The lowest BCUT2D eigenvalue weighted by molar-refractivity contribution is -0.150. The van der Waals surface area contributed by atoms with Crippen molar-refractivity contribution in [2.24, 2.45) is 5.73 Å². The van der Waals surface area contributed by atoms with Crippen molar-refractivity contribution in [3.63, 3.8) is 0 Å². The number of ketones is 1. The van der Waals surface area contributed by atoms with Crippen molar-refractivity contribution >= 4 is 42.1 Å². The molecule has 3 amide bonds. The molecule has 0 aliphatic rings. The molecule has 342 valence electrons. The summed E-state index contributed by atoms with van der Waals surface area (Å²) in [4.78, 5) is 82.2. The van der Waals surface area contributed by atoms with Crippen molar-refractivity contribution in [1.29, 1.82) is 0 Å². The molecule has 0 aromatic heterocycles. The van der Waals surface area contributed by atoms with E-state index in [2.05, 4.69) is 16.0 Å². The van der Waals surface area contributed by atoms with Crippen LogP contribution in [0.5, 0.6) is 0 Å². The molecule has 0 saturated heterocycles. The zero-order valence-corrected chi connectivity index (χ0v) is 34.5. The average molecular weight is 854 g/mol. The van der Waals surface area contributed by atoms with Crippen LogP contribution in [0.2, 0.25) is 0 Å². The Morgan fingerprint density at radius 1 is 0.508 bits per heavy atom. The number of nitrogens with one attached hydrogen (secondary N) is 3. The van der Waals surface area contributed by atoms with Gasteiger partial charge in [0, 0.05) is 39.3 Å². The van der Waals surface area contributed by atoms with Gasteiger partial charge in [0.05, 0.1) is 72.6 Å². The molecule has 0 atom stereocenters. The second-order valence-corrected chi connectivity index (χ2v) is 12.4. The van der Waals surface area contributed by atoms with Gasteiger partial charge in [-0.2, -0.15) is 0 Å². The Hall–Kier alpha value is -4.03. The van der Waals surface area contributed by atoms with E-state index in [4.69, 9.17) is 53.1 Å². The smallest absolute Gasteiger partial charge is 0.407 e. The van der Waals surface area contributed by atoms with E-state index in [-0.39, 0.29) is 98.0 Å². The second-order valence-electron chi connectivity index (χ2n) is 12.4. The van der Waals surface area contributed by atoms with Crippen LogP contribution in [0.25, 0.3) is 0 Å². The number of alkyl carbamates (subject to hydrolysis) is 2. The maximum absolute atomic E-state index is 11.9. The number of amides is 3. The molecule has 22 heteroatoms. The number of hydrogen-bond acceptors (Lipinski definition) is 19. The Morgan fingerprint density at radius 3 is 1.44 bits per heavy atom. The number of nitrogens with zero attached hydrogens (tertiary/aromatic N) is 1. The Balaban J connectivity index is 3.57. The number of carbonyl (C=O) groups is 7. The van der Waals surface area contributed by atoms with Gasteiger partial charge in [0.2, 0.25) is 5.91 Å². The highest BCUT2D eigenvalue weighted by Gasteiger charge is 2.12. The van der Waals surface area contributed by atoms with Crippen LogP contribution < -0.4 is 21.7 Å². The number of aldehydes is 1. The van der Waals surface area contributed by atoms with Crippen LogP contribution in [0.4, 0.5) is 9.59 Å². The molecule has 0 bridgehead atoms. The Kier molecular flexibility index (Phi) is 39.2. The maximum atomic E-state index is 11.9. The molecule has 0 aliphatic heterocycles. The first-order valence-corrected chi connectivity index (χ1v) is 19.9. The highest BCUT2D eigenvalue weighted by molar-refractivity contribution is 5.78. The molecule has 5 N–H and O–H groups in total. The average Bonchev–Trinajstić information content (AvgIpc) is 3.20. The zero-order valence-electron chi connectivity index (χ0n) is 34.5. The molecular weight excluding hydrogens is 786 g/mol. The highest BCUT2D eigenvalue weighted by Crippen LogP contribution is 2.06. The van der Waals surface area contributed by atoms with E-state index in [1.54, 1.807) is 4.90 Å². The van der Waals surface area contributed by atoms with Gasteiger partial charge in [-0.05, 0) is 19.8 Å². The Labute approximate surface area is 346 Å². The fourth-order valence-corrected chi connectivity index (χ4v) is 4.50. The number of esters is 2. The number of hydrogen-bond donors (Lipinski definition) is 4. The molecule has 0 aromatic rings. The maximum Gasteiger partial charge on any atom is 0.407 e. The summed E-state index contributed by atoms with van der Waals surface area (Å²) < 4.78 is 51.5. The van der Waals surface area contributed by atoms with Gasteiger partial charge < -0.3 is 73.8 Å². The van der Waals surface area contributed by atoms with Crippen molar-refractivity contribution in [2.75, 3.05) is 152 Å². The monoisotopic (exact) mass is 853 g/mol. The van der Waals surface area contributed by atoms with Crippen LogP contribution >= 0.6 is 0 Å². The quantitative estimate of drug-likeness (QED) is 0.0251. The normalized spacial score (nSPS) is 10.8. The molecule has 0 aliphatic carbocycles. The van der Waals surface area contributed by atoms with Gasteiger partial charge in [-0.1, -0.05) is 25.7 Å². The third-order valence-corrected chi connectivity index (χ3v) is 7.26. The van der Waals surface area contributed by atoms with E-state index < -0.39 is 36.6 Å². The first-order chi connectivity index (χ1) is 28.7. The summed E-state index contributed by atoms with van der Waals surface area (Å²) >= 11 is 0. The molecule has 0 saturated carbocycles. The topological polar surface area (TPSA) is 277 Å². The summed E-state index contributed by atoms with van der Waals surface area (Å²) in [5, 5.41) is 7.83. The lowest BCUT2D eigenvalue weighted by atomic mass is 10.1. The predicted molar refractivity (Wildman–Crippen MR) is 208 cm³/mol. The minimum absolute atomic E-state index is 0.0270. The van der Waals surface area contributed by atoms with Crippen LogP contribution in [-0.2, 0) is 71.3 Å². The van der Waals surface area contributed by atoms with Gasteiger partial charge in [0.15, 0.2) is 0 Å². The summed E-state index contributed by atoms with van der Waals surface area (Å²) in [5.74, 6) is -1.93. The first-order valence-electron chi connectivity index (χ1n) is 19.9. The van der Waals surface area contributed by atoms with E-state index >= 15 is 0 Å². The molecule has 22 nitrogen and oxygen atoms in total. The number of unbranched alkanes of at least 4 members (excludes halogenated alkanes) is 5. The van der Waals surface area contributed by atoms with Gasteiger partial charge >= 0.3 is 24.1 Å². The molecular formula is C37H67N5O17. The van der Waals surface area contributed by atoms with Gasteiger partial charge in [-0.3, -0.25) is 14.5 Å². The SMILES string of the molecule is CC(=O)CN(CCOC(=O)COCC=O)CCOC(=O)COCC(=O)NCCOCCOCCNC(=O)OCCCCCCCCOC(=O)NCCOCCOCCN. The third-order valence-electron chi connectivity index (χ3n) is 7.26. The Bertz CT molecular complexity index is 1120. The summed E-state index contributed by atoms with van der Waals surface area (Å²) in [6.07, 6.45) is 4.90. The third kappa shape index (κ3) is 41.9. The van der Waals surface area contributed by atoms with Gasteiger partial charge in [-0.25, -0.2) is 19.2 Å². The molecule has 0 unspecified atom stereocenters. The summed E-state index contributed by atoms with van der Waals surface area (Å²) in [5.41, 5.74) is 5.32. The van der Waals surface area contributed by atoms with Crippen molar-refractivity contribution in [1.82, 2.24) is 20.9 Å². The first kappa shape index (κ1) is 55.0. The van der Waals surface area contributed by atoms with E-state index in [0.717, 1.165) is 38.5 Å². The van der Waals surface area contributed by atoms with E-state index in [1.807, 2.05) is 0 Å². The zero-order chi connectivity index (χ0) is 43.4. The minimum Gasteiger partial charge on any atom is -0.463 e. The van der Waals surface area contributed by atoms with Crippen LogP contribution in [0.1, 0.15) is 45.4 Å². The molecule has 0 rings (SSSR count). The second kappa shape index (κ2) is 42.1. The van der Waals surface area contributed by atoms with Crippen LogP contribution in [0, 0.1) is 0 Å². The van der Waals surface area contributed by atoms with Crippen molar-refractivity contribution in [2.45, 2.75) is 45.4 Å². The fraction of sp³-hybridized carbons (Fsp3) is 0.811. The number of Topliss-reactive ketones (excluding diaryl/α,β-unsaturated/α-hetero) is 1. The number of nitrogens with two attached hydrogens (primary N) is 1. The number of carbonyl (C=O) groups excluding carboxylic acids is 7. The Morgan fingerprint density at radius 2 is 0.966 bits per heavy atom. The van der Waals surface area contributed by atoms with E-state index in [0.29, 0.717) is 59.0 Å². The molecule has 0 aromatic carbocycles. The minimum atomic E-state index is -0.696. The fourth-order valence-electron chi connectivity index (χ4n) is 4.50. The van der Waals surface area contributed by atoms with Crippen molar-refractivity contribution in [3.05, 3.63) is 0 Å². The molecule has 0 spiro atoms. The lowest BCUT2D eigenvalue weighted by Gasteiger charge is -2.20. The predicted octanol–water partition coefficient (Wildman–Crippen LogP) is -0.870.